The molecule has 0 unspecified atom stereocenters. The molecule has 184 valence electrons. The lowest BCUT2D eigenvalue weighted by molar-refractivity contribution is -0.143. The average molecular weight is 472 g/mol. The number of aryl methyl sites for hydroxylation is 2. The number of hydrogen-bond acceptors (Lipinski definition) is 7. The first-order valence-corrected chi connectivity index (χ1v) is 11.9. The minimum absolute atomic E-state index is 0.0415. The molecule has 0 aromatic carbocycles. The van der Waals surface area contributed by atoms with Gasteiger partial charge in [-0.15, -0.1) is 5.10 Å². The summed E-state index contributed by atoms with van der Waals surface area (Å²) in [7, 11) is 3.51. The Kier molecular flexibility index (Phi) is 7.04. The Labute approximate surface area is 199 Å². The van der Waals surface area contributed by atoms with Crippen molar-refractivity contribution >= 4 is 12.1 Å². The van der Waals surface area contributed by atoms with E-state index in [4.69, 9.17) is 9.47 Å². The number of carbonyl (C=O) groups excluding carboxylic acids is 1. The molecule has 0 radical (unpaired) electrons. The zero-order valence-electron chi connectivity index (χ0n) is 20.2. The summed E-state index contributed by atoms with van der Waals surface area (Å²) in [6.07, 6.45) is 3.51. The van der Waals surface area contributed by atoms with Crippen molar-refractivity contribution < 1.29 is 24.2 Å². The molecular weight excluding hydrogens is 438 g/mol. The van der Waals surface area contributed by atoms with Crippen molar-refractivity contribution in [1.82, 2.24) is 24.9 Å². The average Bonchev–Trinajstić information content (AvgIpc) is 3.37. The summed E-state index contributed by atoms with van der Waals surface area (Å²) >= 11 is 0. The molecule has 2 aromatic heterocycles. The van der Waals surface area contributed by atoms with Gasteiger partial charge in [-0.1, -0.05) is 12.1 Å². The van der Waals surface area contributed by atoms with Gasteiger partial charge in [0.05, 0.1) is 23.4 Å². The Bertz CT molecular complexity index is 1050. The SMILES string of the molecule is Cc1nc(-c2nnn(C)c2COC(=O)N(C)C[C@@H]2C[C@H]2C)ccc1O[C@H]1CCC[C@H](C(=O)O)C1. The minimum Gasteiger partial charge on any atom is -0.489 e. The van der Waals surface area contributed by atoms with Gasteiger partial charge in [0, 0.05) is 20.6 Å². The van der Waals surface area contributed by atoms with E-state index in [1.807, 2.05) is 13.0 Å². The molecule has 1 amide bonds. The van der Waals surface area contributed by atoms with Crippen molar-refractivity contribution in [3.05, 3.63) is 23.5 Å². The fourth-order valence-electron chi connectivity index (χ4n) is 4.52. The van der Waals surface area contributed by atoms with Gasteiger partial charge in [-0.2, -0.15) is 0 Å². The lowest BCUT2D eigenvalue weighted by atomic mass is 9.87. The van der Waals surface area contributed by atoms with E-state index in [1.165, 1.54) is 0 Å². The third kappa shape index (κ3) is 5.48. The van der Waals surface area contributed by atoms with Crippen molar-refractivity contribution in [1.29, 1.82) is 0 Å². The molecule has 2 fully saturated rings. The van der Waals surface area contributed by atoms with E-state index in [2.05, 4.69) is 22.2 Å². The molecule has 2 heterocycles. The van der Waals surface area contributed by atoms with E-state index in [0.717, 1.165) is 19.3 Å². The van der Waals surface area contributed by atoms with Gasteiger partial charge in [-0.25, -0.2) is 14.5 Å². The summed E-state index contributed by atoms with van der Waals surface area (Å²) in [6.45, 7) is 4.78. The van der Waals surface area contributed by atoms with E-state index in [-0.39, 0.29) is 24.7 Å². The summed E-state index contributed by atoms with van der Waals surface area (Å²) in [5.74, 6) is 0.738. The Hall–Kier alpha value is -3.17. The Morgan fingerprint density at radius 3 is 2.71 bits per heavy atom. The normalized spacial score (nSPS) is 23.9. The largest absolute Gasteiger partial charge is 0.489 e. The molecule has 0 saturated heterocycles. The fraction of sp³-hybridized carbons (Fsp3) is 0.625. The van der Waals surface area contributed by atoms with Crippen LogP contribution < -0.4 is 4.74 Å². The molecule has 4 rings (SSSR count). The number of rotatable bonds is 8. The van der Waals surface area contributed by atoms with E-state index in [1.54, 1.807) is 29.7 Å². The first kappa shape index (κ1) is 24.0. The van der Waals surface area contributed by atoms with Crippen molar-refractivity contribution in [2.45, 2.75) is 58.7 Å². The quantitative estimate of drug-likeness (QED) is 0.622. The highest BCUT2D eigenvalue weighted by Crippen LogP contribution is 2.38. The number of aromatic nitrogens is 4. The Morgan fingerprint density at radius 2 is 2.03 bits per heavy atom. The molecule has 34 heavy (non-hydrogen) atoms. The monoisotopic (exact) mass is 471 g/mol. The second kappa shape index (κ2) is 9.99. The van der Waals surface area contributed by atoms with Crippen LogP contribution in [-0.4, -0.2) is 61.7 Å². The maximum atomic E-state index is 12.4. The molecule has 10 nitrogen and oxygen atoms in total. The summed E-state index contributed by atoms with van der Waals surface area (Å²) in [6, 6.07) is 3.63. The Balaban J connectivity index is 1.41. The molecular formula is C24H33N5O5. The van der Waals surface area contributed by atoms with Gasteiger partial charge in [-0.05, 0) is 63.0 Å². The highest BCUT2D eigenvalue weighted by molar-refractivity contribution is 5.70. The molecule has 4 atom stereocenters. The molecule has 0 spiro atoms. The fourth-order valence-corrected chi connectivity index (χ4v) is 4.52. The highest BCUT2D eigenvalue weighted by atomic mass is 16.6. The van der Waals surface area contributed by atoms with Gasteiger partial charge in [0.25, 0.3) is 0 Å². The number of pyridine rings is 1. The van der Waals surface area contributed by atoms with E-state index in [0.29, 0.717) is 59.7 Å². The van der Waals surface area contributed by atoms with Crippen LogP contribution in [0.5, 0.6) is 5.75 Å². The van der Waals surface area contributed by atoms with Crippen LogP contribution in [-0.2, 0) is 23.2 Å². The van der Waals surface area contributed by atoms with E-state index < -0.39 is 5.97 Å². The number of carboxylic acids is 1. The molecule has 2 aliphatic rings. The van der Waals surface area contributed by atoms with E-state index in [9.17, 15) is 14.7 Å². The molecule has 0 bridgehead atoms. The van der Waals surface area contributed by atoms with Crippen molar-refractivity contribution in [3.8, 4) is 17.1 Å². The third-order valence-electron chi connectivity index (χ3n) is 6.92. The number of amides is 1. The summed E-state index contributed by atoms with van der Waals surface area (Å²) < 4.78 is 13.2. The number of carboxylic acid groups (broad SMARTS) is 1. The Morgan fingerprint density at radius 1 is 1.26 bits per heavy atom. The second-order valence-electron chi connectivity index (χ2n) is 9.64. The number of ether oxygens (including phenoxy) is 2. The minimum atomic E-state index is -0.761. The van der Waals surface area contributed by atoms with Crippen LogP contribution in [0.15, 0.2) is 12.1 Å². The number of nitrogens with zero attached hydrogens (tertiary/aromatic N) is 5. The number of carbonyl (C=O) groups is 2. The smallest absolute Gasteiger partial charge is 0.409 e. The predicted octanol–water partition coefficient (Wildman–Crippen LogP) is 3.43. The van der Waals surface area contributed by atoms with Crippen LogP contribution in [0, 0.1) is 24.7 Å². The van der Waals surface area contributed by atoms with E-state index >= 15 is 0 Å². The van der Waals surface area contributed by atoms with Crippen LogP contribution in [0.4, 0.5) is 4.79 Å². The maximum Gasteiger partial charge on any atom is 0.409 e. The highest BCUT2D eigenvalue weighted by Gasteiger charge is 2.34. The molecule has 0 aliphatic heterocycles. The number of hydrogen-bond donors (Lipinski definition) is 1. The van der Waals surface area contributed by atoms with Crippen molar-refractivity contribution in [2.24, 2.45) is 24.8 Å². The van der Waals surface area contributed by atoms with Crippen molar-refractivity contribution in [2.75, 3.05) is 13.6 Å². The van der Waals surface area contributed by atoms with Gasteiger partial charge in [0.15, 0.2) is 0 Å². The van der Waals surface area contributed by atoms with Gasteiger partial charge in [-0.3, -0.25) is 4.79 Å². The zero-order chi connectivity index (χ0) is 24.4. The van der Waals surface area contributed by atoms with Gasteiger partial charge < -0.3 is 19.5 Å². The first-order chi connectivity index (χ1) is 16.2. The molecule has 2 aromatic rings. The first-order valence-electron chi connectivity index (χ1n) is 11.9. The van der Waals surface area contributed by atoms with Gasteiger partial charge >= 0.3 is 12.1 Å². The lowest BCUT2D eigenvalue weighted by Gasteiger charge is -2.27. The van der Waals surface area contributed by atoms with Crippen LogP contribution >= 0.6 is 0 Å². The van der Waals surface area contributed by atoms with Crippen LogP contribution in [0.3, 0.4) is 0 Å². The molecule has 2 aliphatic carbocycles. The van der Waals surface area contributed by atoms with Crippen molar-refractivity contribution in [3.63, 3.8) is 0 Å². The zero-order valence-corrected chi connectivity index (χ0v) is 20.2. The van der Waals surface area contributed by atoms with Crippen LogP contribution in [0.2, 0.25) is 0 Å². The third-order valence-corrected chi connectivity index (χ3v) is 6.92. The van der Waals surface area contributed by atoms with Crippen LogP contribution in [0.25, 0.3) is 11.4 Å². The maximum absolute atomic E-state index is 12.4. The molecule has 10 heteroatoms. The number of aliphatic carboxylic acids is 1. The summed E-state index contributed by atoms with van der Waals surface area (Å²) in [5.41, 5.74) is 2.49. The second-order valence-corrected chi connectivity index (χ2v) is 9.64. The topological polar surface area (TPSA) is 120 Å². The standard InChI is InChI=1S/C24H33N5O5/c1-14-10-17(14)12-28(3)24(32)33-13-20-22(26-27-29(20)4)19-8-9-21(15(2)25-19)34-18-7-5-6-16(11-18)23(30)31/h8-9,14,16-18H,5-7,10-13H2,1-4H3,(H,30,31)/t14-,16+,17+,18+/m1/s1. The summed E-state index contributed by atoms with van der Waals surface area (Å²) in [4.78, 5) is 30.0. The van der Waals surface area contributed by atoms with Gasteiger partial charge in [0.1, 0.15) is 23.7 Å². The van der Waals surface area contributed by atoms with Crippen LogP contribution in [0.1, 0.15) is 50.4 Å². The predicted molar refractivity (Wildman–Crippen MR) is 123 cm³/mol. The molecule has 2 saturated carbocycles. The lowest BCUT2D eigenvalue weighted by Crippen LogP contribution is -2.30. The summed E-state index contributed by atoms with van der Waals surface area (Å²) in [5, 5.41) is 17.6. The molecule has 1 N–H and O–H groups in total. The van der Waals surface area contributed by atoms with Gasteiger partial charge in [0.2, 0.25) is 0 Å².